The molecular weight excluding hydrogens is 340 g/mol. The van der Waals surface area contributed by atoms with Crippen LogP contribution in [0.4, 0.5) is 0 Å². The molecule has 6 nitrogen and oxygen atoms in total. The Morgan fingerprint density at radius 2 is 1.89 bits per heavy atom. The second kappa shape index (κ2) is 10.2. The number of hydrogen-bond donors (Lipinski definition) is 3. The van der Waals surface area contributed by atoms with Gasteiger partial charge >= 0.3 is 0 Å². The zero-order valence-electron chi connectivity index (χ0n) is 17.1. The van der Waals surface area contributed by atoms with E-state index in [1.807, 2.05) is 24.3 Å². The van der Waals surface area contributed by atoms with E-state index >= 15 is 0 Å². The average Bonchev–Trinajstić information content (AvgIpc) is 2.64. The van der Waals surface area contributed by atoms with Gasteiger partial charge in [-0.1, -0.05) is 32.4 Å². The van der Waals surface area contributed by atoms with Crippen LogP contribution in [0.1, 0.15) is 45.1 Å². The van der Waals surface area contributed by atoms with Crippen LogP contribution in [0.5, 0.6) is 5.75 Å². The molecule has 0 radical (unpaired) electrons. The lowest BCUT2D eigenvalue weighted by atomic mass is 9.64. The van der Waals surface area contributed by atoms with E-state index in [0.29, 0.717) is 23.8 Å². The lowest BCUT2D eigenvalue weighted by Gasteiger charge is -2.43. The summed E-state index contributed by atoms with van der Waals surface area (Å²) in [5, 5.41) is 9.42. The minimum atomic E-state index is -0.0608. The lowest BCUT2D eigenvalue weighted by molar-refractivity contribution is -0.120. The van der Waals surface area contributed by atoms with E-state index in [-0.39, 0.29) is 12.5 Å². The van der Waals surface area contributed by atoms with Crippen LogP contribution >= 0.6 is 0 Å². The SMILES string of the molecule is CN=C(NCC(=O)NCc1ccc(OC)cc1)NCC1(CC(C)C)CCC1. The van der Waals surface area contributed by atoms with Crippen molar-refractivity contribution in [1.82, 2.24) is 16.0 Å². The Kier molecular flexibility index (Phi) is 7.95. The fourth-order valence-electron chi connectivity index (χ4n) is 3.66. The van der Waals surface area contributed by atoms with Crippen LogP contribution < -0.4 is 20.7 Å². The van der Waals surface area contributed by atoms with Crippen molar-refractivity contribution in [2.24, 2.45) is 16.3 Å². The smallest absolute Gasteiger partial charge is 0.239 e. The van der Waals surface area contributed by atoms with Crippen LogP contribution in [0.25, 0.3) is 0 Å². The molecule has 0 spiro atoms. The average molecular weight is 375 g/mol. The summed E-state index contributed by atoms with van der Waals surface area (Å²) in [7, 11) is 3.37. The van der Waals surface area contributed by atoms with E-state index in [4.69, 9.17) is 4.74 Å². The molecule has 1 fully saturated rings. The Bertz CT molecular complexity index is 622. The van der Waals surface area contributed by atoms with E-state index in [9.17, 15) is 4.79 Å². The molecule has 1 amide bonds. The maximum atomic E-state index is 12.1. The highest BCUT2D eigenvalue weighted by molar-refractivity contribution is 5.86. The van der Waals surface area contributed by atoms with Gasteiger partial charge in [-0.2, -0.15) is 0 Å². The summed E-state index contributed by atoms with van der Waals surface area (Å²) >= 11 is 0. The first-order valence-corrected chi connectivity index (χ1v) is 9.80. The van der Waals surface area contributed by atoms with Crippen LogP contribution in [0, 0.1) is 11.3 Å². The molecule has 0 aromatic heterocycles. The fraction of sp³-hybridized carbons (Fsp3) is 0.619. The second-order valence-electron chi connectivity index (χ2n) is 7.86. The number of hydrogen-bond acceptors (Lipinski definition) is 3. The van der Waals surface area contributed by atoms with Crippen molar-refractivity contribution in [3.8, 4) is 5.75 Å². The first kappa shape index (κ1) is 21.1. The summed E-state index contributed by atoms with van der Waals surface area (Å²) < 4.78 is 5.13. The molecule has 150 valence electrons. The molecule has 2 rings (SSSR count). The molecule has 6 heteroatoms. The third-order valence-corrected chi connectivity index (χ3v) is 5.18. The molecule has 1 aromatic rings. The Balaban J connectivity index is 1.70. The molecule has 0 unspecified atom stereocenters. The number of methoxy groups -OCH3 is 1. The zero-order chi connectivity index (χ0) is 19.7. The third kappa shape index (κ3) is 6.77. The molecular formula is C21H34N4O2. The van der Waals surface area contributed by atoms with Gasteiger partial charge in [0.15, 0.2) is 5.96 Å². The number of carbonyl (C=O) groups excluding carboxylic acids is 1. The number of guanidine groups is 1. The number of benzene rings is 1. The van der Waals surface area contributed by atoms with Gasteiger partial charge in [-0.25, -0.2) is 0 Å². The molecule has 0 bridgehead atoms. The summed E-state index contributed by atoms with van der Waals surface area (Å²) in [4.78, 5) is 16.3. The predicted molar refractivity (Wildman–Crippen MR) is 110 cm³/mol. The standard InChI is InChI=1S/C21H34N4O2/c1-16(2)12-21(10-5-11-21)15-25-20(22-3)24-14-19(26)23-13-17-6-8-18(27-4)9-7-17/h6-9,16H,5,10-15H2,1-4H3,(H,23,26)(H2,22,24,25). The van der Waals surface area contributed by atoms with E-state index in [1.54, 1.807) is 14.2 Å². The fourth-order valence-corrected chi connectivity index (χ4v) is 3.66. The van der Waals surface area contributed by atoms with Gasteiger partial charge < -0.3 is 20.7 Å². The topological polar surface area (TPSA) is 74.8 Å². The summed E-state index contributed by atoms with van der Waals surface area (Å²) in [6.07, 6.45) is 5.10. The van der Waals surface area contributed by atoms with E-state index < -0.39 is 0 Å². The van der Waals surface area contributed by atoms with Gasteiger partial charge in [-0.15, -0.1) is 0 Å². The molecule has 3 N–H and O–H groups in total. The van der Waals surface area contributed by atoms with Crippen LogP contribution in [0.15, 0.2) is 29.3 Å². The summed E-state index contributed by atoms with van der Waals surface area (Å²) in [5.41, 5.74) is 1.43. The number of aliphatic imine (C=N–C) groups is 1. The summed E-state index contributed by atoms with van der Waals surface area (Å²) in [6, 6.07) is 7.66. The number of carbonyl (C=O) groups is 1. The monoisotopic (exact) mass is 374 g/mol. The molecule has 1 aliphatic carbocycles. The number of nitrogens with one attached hydrogen (secondary N) is 3. The van der Waals surface area contributed by atoms with Crippen LogP contribution in [0.3, 0.4) is 0 Å². The first-order chi connectivity index (χ1) is 13.0. The highest BCUT2D eigenvalue weighted by Crippen LogP contribution is 2.45. The Labute approximate surface area is 163 Å². The molecule has 0 saturated heterocycles. The molecule has 27 heavy (non-hydrogen) atoms. The molecule has 0 atom stereocenters. The maximum absolute atomic E-state index is 12.1. The van der Waals surface area contributed by atoms with Crippen molar-refractivity contribution in [3.63, 3.8) is 0 Å². The number of nitrogens with zero attached hydrogens (tertiary/aromatic N) is 1. The lowest BCUT2D eigenvalue weighted by Crippen LogP contribution is -2.48. The van der Waals surface area contributed by atoms with Crippen molar-refractivity contribution in [2.45, 2.75) is 46.1 Å². The van der Waals surface area contributed by atoms with Gasteiger partial charge in [-0.05, 0) is 48.3 Å². The molecule has 1 saturated carbocycles. The highest BCUT2D eigenvalue weighted by atomic mass is 16.5. The predicted octanol–water partition coefficient (Wildman–Crippen LogP) is 2.69. The van der Waals surface area contributed by atoms with Crippen molar-refractivity contribution in [3.05, 3.63) is 29.8 Å². The minimum absolute atomic E-state index is 0.0608. The maximum Gasteiger partial charge on any atom is 0.239 e. The Hall–Kier alpha value is -2.24. The zero-order valence-corrected chi connectivity index (χ0v) is 17.1. The van der Waals surface area contributed by atoms with E-state index in [2.05, 4.69) is 34.8 Å². The van der Waals surface area contributed by atoms with E-state index in [0.717, 1.165) is 17.9 Å². The number of ether oxygens (including phenoxy) is 1. The number of rotatable bonds is 9. The van der Waals surface area contributed by atoms with Gasteiger partial charge in [0.25, 0.3) is 0 Å². The van der Waals surface area contributed by atoms with Crippen molar-refractivity contribution in [1.29, 1.82) is 0 Å². The normalized spacial score (nSPS) is 15.8. The Morgan fingerprint density at radius 3 is 2.41 bits per heavy atom. The summed E-state index contributed by atoms with van der Waals surface area (Å²) in [6.45, 7) is 6.17. The van der Waals surface area contributed by atoms with Crippen LogP contribution in [0.2, 0.25) is 0 Å². The second-order valence-corrected chi connectivity index (χ2v) is 7.86. The number of amides is 1. The molecule has 0 heterocycles. The van der Waals surface area contributed by atoms with Gasteiger partial charge in [0.2, 0.25) is 5.91 Å². The Morgan fingerprint density at radius 1 is 1.19 bits per heavy atom. The van der Waals surface area contributed by atoms with Gasteiger partial charge in [0.1, 0.15) is 5.75 Å². The van der Waals surface area contributed by atoms with Crippen molar-refractivity contribution >= 4 is 11.9 Å². The van der Waals surface area contributed by atoms with Crippen molar-refractivity contribution < 1.29 is 9.53 Å². The first-order valence-electron chi connectivity index (χ1n) is 9.80. The van der Waals surface area contributed by atoms with Gasteiger partial charge in [0.05, 0.1) is 13.7 Å². The van der Waals surface area contributed by atoms with Gasteiger partial charge in [-0.3, -0.25) is 9.79 Å². The molecule has 1 aromatic carbocycles. The summed E-state index contributed by atoms with van der Waals surface area (Å²) in [5.74, 6) is 2.13. The quantitative estimate of drug-likeness (QED) is 0.459. The molecule has 1 aliphatic rings. The van der Waals surface area contributed by atoms with Crippen LogP contribution in [-0.2, 0) is 11.3 Å². The van der Waals surface area contributed by atoms with Crippen molar-refractivity contribution in [2.75, 3.05) is 27.2 Å². The third-order valence-electron chi connectivity index (χ3n) is 5.18. The highest BCUT2D eigenvalue weighted by Gasteiger charge is 2.37. The minimum Gasteiger partial charge on any atom is -0.497 e. The van der Waals surface area contributed by atoms with E-state index in [1.165, 1.54) is 25.7 Å². The van der Waals surface area contributed by atoms with Gasteiger partial charge in [0, 0.05) is 20.1 Å². The largest absolute Gasteiger partial charge is 0.497 e. The molecule has 0 aliphatic heterocycles. The van der Waals surface area contributed by atoms with Crippen LogP contribution in [-0.4, -0.2) is 39.1 Å².